The Morgan fingerprint density at radius 1 is 0.826 bits per heavy atom. The lowest BCUT2D eigenvalue weighted by molar-refractivity contribution is -0.141. The monoisotopic (exact) mass is 301 g/mol. The number of carbonyl (C=O) groups is 2. The molecule has 0 radical (unpaired) electrons. The molecule has 0 spiro atoms. The van der Waals surface area contributed by atoms with Crippen molar-refractivity contribution in [2.75, 3.05) is 0 Å². The minimum absolute atomic E-state index is 0.0382. The van der Waals surface area contributed by atoms with Gasteiger partial charge in [-0.2, -0.15) is 0 Å². The van der Waals surface area contributed by atoms with Crippen LogP contribution in [0.15, 0.2) is 42.5 Å². The molecule has 5 rings (SSSR count). The average Bonchev–Trinajstić information content (AvgIpc) is 2.91. The standard InChI is InChI=1S/C20H15NO2/c22-17-10-11-18(23)21(17)16-9-7-14-5-4-12-2-1-3-13-6-8-15(16)20(14)19(12)13/h1-8,16H,9-11H2. The molecule has 1 aliphatic carbocycles. The van der Waals surface area contributed by atoms with Gasteiger partial charge in [-0.1, -0.05) is 48.5 Å². The zero-order chi connectivity index (χ0) is 15.6. The van der Waals surface area contributed by atoms with E-state index >= 15 is 0 Å². The van der Waals surface area contributed by atoms with Crippen LogP contribution in [0, 0.1) is 0 Å². The summed E-state index contributed by atoms with van der Waals surface area (Å²) in [5, 5.41) is 6.05. The fraction of sp³-hybridized carbons (Fsp3) is 0.200. The maximum absolute atomic E-state index is 12.2. The van der Waals surface area contributed by atoms with E-state index in [4.69, 9.17) is 0 Å². The summed E-state index contributed by atoms with van der Waals surface area (Å²) in [5.41, 5.74) is 1.11. The molecular weight excluding hydrogens is 286 g/mol. The predicted octanol–water partition coefficient (Wildman–Crippen LogP) is 3.09. The van der Waals surface area contributed by atoms with E-state index in [0.717, 1.165) is 5.56 Å². The molecule has 1 aliphatic heterocycles. The summed E-state index contributed by atoms with van der Waals surface area (Å²) >= 11 is 0. The Balaban J connectivity index is 1.84. The minimum Gasteiger partial charge on any atom is -0.275 e. The van der Waals surface area contributed by atoms with Crippen molar-refractivity contribution in [3.05, 3.63) is 53.2 Å². The highest BCUT2D eigenvalue weighted by atomic mass is 16.2. The van der Waals surface area contributed by atoms with Crippen molar-refractivity contribution in [1.82, 2.24) is 4.90 Å². The number of nitrogens with zero attached hydrogens (tertiary/aromatic N) is 1. The number of imide groups is 1. The molecule has 0 bridgehead atoms. The van der Waals surface area contributed by atoms with Crippen molar-refractivity contribution >= 4 is 39.4 Å². The highest BCUT2D eigenvalue weighted by Gasteiger charge is 2.36. The van der Waals surface area contributed by atoms with Crippen molar-refractivity contribution in [3.63, 3.8) is 0 Å². The predicted molar refractivity (Wildman–Crippen MR) is 89.6 cm³/mol. The van der Waals surface area contributed by atoms with Gasteiger partial charge in [0.2, 0.25) is 11.8 Å². The Morgan fingerprint density at radius 3 is 2.26 bits per heavy atom. The first-order chi connectivity index (χ1) is 11.2. The Hall–Kier alpha value is -2.68. The van der Waals surface area contributed by atoms with Gasteiger partial charge in [-0.05, 0) is 38.7 Å². The topological polar surface area (TPSA) is 37.4 Å². The molecule has 3 aromatic rings. The molecule has 1 unspecified atom stereocenters. The summed E-state index contributed by atoms with van der Waals surface area (Å²) in [7, 11) is 0. The van der Waals surface area contributed by atoms with Crippen LogP contribution in [0.2, 0.25) is 0 Å². The quantitative estimate of drug-likeness (QED) is 0.648. The molecule has 1 atom stereocenters. The van der Waals surface area contributed by atoms with Crippen molar-refractivity contribution in [2.24, 2.45) is 0 Å². The number of amides is 2. The fourth-order valence-corrected chi connectivity index (χ4v) is 4.14. The highest BCUT2D eigenvalue weighted by molar-refractivity contribution is 6.12. The Bertz CT molecular complexity index is 1020. The Kier molecular flexibility index (Phi) is 2.46. The molecule has 0 saturated carbocycles. The smallest absolute Gasteiger partial charge is 0.230 e. The van der Waals surface area contributed by atoms with Gasteiger partial charge in [-0.3, -0.25) is 14.5 Å². The number of hydrogen-bond acceptors (Lipinski definition) is 2. The van der Waals surface area contributed by atoms with Crippen molar-refractivity contribution in [3.8, 4) is 0 Å². The molecule has 23 heavy (non-hydrogen) atoms. The molecule has 1 heterocycles. The van der Waals surface area contributed by atoms with Gasteiger partial charge in [-0.15, -0.1) is 0 Å². The largest absolute Gasteiger partial charge is 0.275 e. The van der Waals surface area contributed by atoms with Crippen LogP contribution >= 0.6 is 0 Å². The van der Waals surface area contributed by atoms with E-state index in [9.17, 15) is 9.59 Å². The maximum atomic E-state index is 12.2. The number of hydrogen-bond donors (Lipinski definition) is 0. The van der Waals surface area contributed by atoms with Crippen molar-refractivity contribution in [2.45, 2.75) is 25.3 Å². The first kappa shape index (κ1) is 12.8. The molecule has 112 valence electrons. The molecule has 3 aromatic carbocycles. The van der Waals surface area contributed by atoms with Crippen LogP contribution in [-0.2, 0) is 9.59 Å². The second-order valence-corrected chi connectivity index (χ2v) is 6.38. The minimum atomic E-state index is -0.153. The van der Waals surface area contributed by atoms with Gasteiger partial charge in [0, 0.05) is 12.8 Å². The van der Waals surface area contributed by atoms with Gasteiger partial charge in [0.25, 0.3) is 0 Å². The van der Waals surface area contributed by atoms with Crippen LogP contribution in [-0.4, -0.2) is 16.7 Å². The first-order valence-electron chi connectivity index (χ1n) is 8.03. The molecule has 0 aromatic heterocycles. The molecular formula is C20H15NO2. The van der Waals surface area contributed by atoms with Gasteiger partial charge >= 0.3 is 0 Å². The number of rotatable bonds is 1. The van der Waals surface area contributed by atoms with E-state index in [-0.39, 0.29) is 17.9 Å². The van der Waals surface area contributed by atoms with E-state index in [1.807, 2.05) is 0 Å². The summed E-state index contributed by atoms with van der Waals surface area (Å²) in [5.74, 6) is -0.0763. The van der Waals surface area contributed by atoms with Crippen LogP contribution in [0.5, 0.6) is 0 Å². The van der Waals surface area contributed by atoms with Crippen LogP contribution in [0.4, 0.5) is 0 Å². The lowest BCUT2D eigenvalue weighted by Gasteiger charge is -2.29. The Labute approximate surface area is 133 Å². The molecule has 2 aliphatic rings. The van der Waals surface area contributed by atoms with Crippen molar-refractivity contribution in [1.29, 1.82) is 0 Å². The molecule has 1 fully saturated rings. The van der Waals surface area contributed by atoms with Gasteiger partial charge < -0.3 is 0 Å². The summed E-state index contributed by atoms with van der Waals surface area (Å²) in [6.45, 7) is 0. The fourth-order valence-electron chi connectivity index (χ4n) is 4.14. The highest BCUT2D eigenvalue weighted by Crippen LogP contribution is 2.38. The summed E-state index contributed by atoms with van der Waals surface area (Å²) < 4.78 is 0. The van der Waals surface area contributed by atoms with Crippen LogP contribution in [0.25, 0.3) is 27.6 Å². The summed E-state index contributed by atoms with van der Waals surface area (Å²) in [6, 6.07) is 14.6. The molecule has 0 N–H and O–H groups in total. The molecule has 3 heteroatoms. The van der Waals surface area contributed by atoms with E-state index in [0.29, 0.717) is 19.3 Å². The lowest BCUT2D eigenvalue weighted by Crippen LogP contribution is -2.35. The van der Waals surface area contributed by atoms with E-state index < -0.39 is 0 Å². The Morgan fingerprint density at radius 2 is 1.52 bits per heavy atom. The van der Waals surface area contributed by atoms with Crippen LogP contribution in [0.3, 0.4) is 0 Å². The van der Waals surface area contributed by atoms with E-state index in [2.05, 4.69) is 48.5 Å². The van der Waals surface area contributed by atoms with Gasteiger partial charge in [0.05, 0.1) is 6.04 Å². The summed E-state index contributed by atoms with van der Waals surface area (Å²) in [4.78, 5) is 25.9. The zero-order valence-electron chi connectivity index (χ0n) is 12.6. The van der Waals surface area contributed by atoms with Crippen molar-refractivity contribution < 1.29 is 9.59 Å². The second-order valence-electron chi connectivity index (χ2n) is 6.38. The molecule has 1 saturated heterocycles. The van der Waals surface area contributed by atoms with E-state index in [1.165, 1.54) is 31.7 Å². The normalized spacial score (nSPS) is 20.5. The average molecular weight is 301 g/mol. The zero-order valence-corrected chi connectivity index (χ0v) is 12.6. The van der Waals surface area contributed by atoms with Crippen LogP contribution in [0.1, 0.15) is 30.9 Å². The van der Waals surface area contributed by atoms with Crippen LogP contribution < -0.4 is 5.22 Å². The third-order valence-corrected chi connectivity index (χ3v) is 5.16. The number of carbonyl (C=O) groups excluding carboxylic acids is 2. The summed E-state index contributed by atoms with van der Waals surface area (Å²) in [6.07, 6.45) is 3.57. The van der Waals surface area contributed by atoms with Gasteiger partial charge in [-0.25, -0.2) is 0 Å². The molecule has 3 nitrogen and oxygen atoms in total. The molecule has 2 amide bonds. The third kappa shape index (κ3) is 1.65. The third-order valence-electron chi connectivity index (χ3n) is 5.16. The lowest BCUT2D eigenvalue weighted by atomic mass is 9.87. The first-order valence-corrected chi connectivity index (χ1v) is 8.03. The van der Waals surface area contributed by atoms with Gasteiger partial charge in [0.15, 0.2) is 0 Å². The SMILES string of the molecule is O=C1CCC(=O)N1C1CC=c2ccc3cccc4ccc1c2c43. The maximum Gasteiger partial charge on any atom is 0.230 e. The number of benzene rings is 3. The second kappa shape index (κ2) is 4.42. The van der Waals surface area contributed by atoms with E-state index in [1.54, 1.807) is 0 Å². The van der Waals surface area contributed by atoms with Gasteiger partial charge in [0.1, 0.15) is 0 Å². The number of likely N-dealkylation sites (tertiary alicyclic amines) is 1.